The Bertz CT molecular complexity index is 363. The number of nitrogens with zero attached hydrogens (tertiary/aromatic N) is 1. The molecule has 0 N–H and O–H groups in total. The van der Waals surface area contributed by atoms with Crippen LogP contribution in [0.15, 0.2) is 12.1 Å². The van der Waals surface area contributed by atoms with E-state index < -0.39 is 0 Å². The molecule has 0 amide bonds. The SMILES string of the molecule is CN(Cc1ccc(Cl)s1)C1CCC(=O)C1. The molecule has 0 aliphatic heterocycles. The van der Waals surface area contributed by atoms with Gasteiger partial charge in [-0.05, 0) is 25.6 Å². The van der Waals surface area contributed by atoms with Crippen LogP contribution in [-0.4, -0.2) is 23.8 Å². The fraction of sp³-hybridized carbons (Fsp3) is 0.545. The molecule has 0 radical (unpaired) electrons. The van der Waals surface area contributed by atoms with Gasteiger partial charge in [0.1, 0.15) is 5.78 Å². The first-order valence-corrected chi connectivity index (χ1v) is 6.31. The van der Waals surface area contributed by atoms with E-state index in [2.05, 4.69) is 18.0 Å². The Kier molecular flexibility index (Phi) is 3.44. The fourth-order valence-corrected chi connectivity index (χ4v) is 3.13. The molecule has 1 saturated carbocycles. The summed E-state index contributed by atoms with van der Waals surface area (Å²) in [5.74, 6) is 0.399. The van der Waals surface area contributed by atoms with Crippen LogP contribution >= 0.6 is 22.9 Å². The van der Waals surface area contributed by atoms with E-state index in [4.69, 9.17) is 11.6 Å². The highest BCUT2D eigenvalue weighted by Crippen LogP contribution is 2.25. The number of Topliss-reactive ketones (excluding diaryl/α,β-unsaturated/α-hetero) is 1. The number of thiophene rings is 1. The van der Waals surface area contributed by atoms with E-state index in [1.165, 1.54) is 4.88 Å². The minimum absolute atomic E-state index is 0.399. The molecule has 1 atom stereocenters. The fourth-order valence-electron chi connectivity index (χ4n) is 1.98. The molecule has 0 saturated heterocycles. The van der Waals surface area contributed by atoms with E-state index in [1.807, 2.05) is 6.07 Å². The topological polar surface area (TPSA) is 20.3 Å². The maximum atomic E-state index is 11.2. The Balaban J connectivity index is 1.92. The third-order valence-electron chi connectivity index (χ3n) is 2.88. The van der Waals surface area contributed by atoms with Crippen molar-refractivity contribution in [3.05, 3.63) is 21.3 Å². The van der Waals surface area contributed by atoms with Gasteiger partial charge in [-0.1, -0.05) is 11.6 Å². The van der Waals surface area contributed by atoms with Crippen LogP contribution in [0, 0.1) is 0 Å². The van der Waals surface area contributed by atoms with Gasteiger partial charge in [0.25, 0.3) is 0 Å². The first kappa shape index (κ1) is 11.1. The molecule has 1 aliphatic rings. The molecule has 1 aliphatic carbocycles. The molecular weight excluding hydrogens is 230 g/mol. The summed E-state index contributed by atoms with van der Waals surface area (Å²) in [5, 5.41) is 0. The van der Waals surface area contributed by atoms with Crippen LogP contribution in [0.4, 0.5) is 0 Å². The lowest BCUT2D eigenvalue weighted by Gasteiger charge is -2.22. The Labute approximate surface area is 98.8 Å². The Morgan fingerprint density at radius 3 is 2.93 bits per heavy atom. The maximum absolute atomic E-state index is 11.2. The zero-order chi connectivity index (χ0) is 10.8. The molecule has 15 heavy (non-hydrogen) atoms. The Hall–Kier alpha value is -0.380. The van der Waals surface area contributed by atoms with Crippen LogP contribution in [0.1, 0.15) is 24.1 Å². The summed E-state index contributed by atoms with van der Waals surface area (Å²) < 4.78 is 0.834. The van der Waals surface area contributed by atoms with Crippen molar-refractivity contribution < 1.29 is 4.79 Å². The van der Waals surface area contributed by atoms with Gasteiger partial charge < -0.3 is 0 Å². The lowest BCUT2D eigenvalue weighted by molar-refractivity contribution is -0.117. The molecule has 82 valence electrons. The van der Waals surface area contributed by atoms with Gasteiger partial charge in [-0.25, -0.2) is 0 Å². The third-order valence-corrected chi connectivity index (χ3v) is 4.09. The summed E-state index contributed by atoms with van der Waals surface area (Å²) in [6.45, 7) is 0.898. The zero-order valence-electron chi connectivity index (χ0n) is 8.70. The molecule has 1 fully saturated rings. The predicted octanol–water partition coefficient (Wildman–Crippen LogP) is 2.95. The van der Waals surface area contributed by atoms with E-state index in [0.29, 0.717) is 11.8 Å². The number of rotatable bonds is 3. The second-order valence-electron chi connectivity index (χ2n) is 4.06. The van der Waals surface area contributed by atoms with Crippen molar-refractivity contribution in [1.82, 2.24) is 4.90 Å². The normalized spacial score (nSPS) is 21.5. The first-order valence-electron chi connectivity index (χ1n) is 5.11. The summed E-state index contributed by atoms with van der Waals surface area (Å²) in [5.41, 5.74) is 0. The molecule has 1 unspecified atom stereocenters. The molecule has 0 aromatic carbocycles. The highest BCUT2D eigenvalue weighted by atomic mass is 35.5. The average Bonchev–Trinajstić information content (AvgIpc) is 2.75. The molecule has 4 heteroatoms. The Morgan fingerprint density at radius 2 is 2.40 bits per heavy atom. The minimum Gasteiger partial charge on any atom is -0.300 e. The summed E-state index contributed by atoms with van der Waals surface area (Å²) in [4.78, 5) is 14.7. The monoisotopic (exact) mass is 243 g/mol. The van der Waals surface area contributed by atoms with E-state index in [1.54, 1.807) is 11.3 Å². The third kappa shape index (κ3) is 2.80. The van der Waals surface area contributed by atoms with Crippen LogP contribution in [0.25, 0.3) is 0 Å². The van der Waals surface area contributed by atoms with E-state index in [-0.39, 0.29) is 0 Å². The van der Waals surface area contributed by atoms with Crippen molar-refractivity contribution in [3.8, 4) is 0 Å². The summed E-state index contributed by atoms with van der Waals surface area (Å²) in [6, 6.07) is 4.41. The molecule has 1 aromatic rings. The highest BCUT2D eigenvalue weighted by Gasteiger charge is 2.25. The molecule has 2 nitrogen and oxygen atoms in total. The van der Waals surface area contributed by atoms with Gasteiger partial charge in [-0.15, -0.1) is 11.3 Å². The van der Waals surface area contributed by atoms with Gasteiger partial charge in [-0.2, -0.15) is 0 Å². The summed E-state index contributed by atoms with van der Waals surface area (Å²) in [7, 11) is 2.08. The standard InChI is InChI=1S/C11H14ClNOS/c1-13(8-2-3-9(14)6-8)7-10-4-5-11(12)15-10/h4-5,8H,2-3,6-7H2,1H3. The molecule has 1 heterocycles. The number of hydrogen-bond donors (Lipinski definition) is 0. The van der Waals surface area contributed by atoms with E-state index in [9.17, 15) is 4.79 Å². The second kappa shape index (κ2) is 4.64. The van der Waals surface area contributed by atoms with Gasteiger partial charge in [0.2, 0.25) is 0 Å². The van der Waals surface area contributed by atoms with Gasteiger partial charge >= 0.3 is 0 Å². The molecule has 0 bridgehead atoms. The summed E-state index contributed by atoms with van der Waals surface area (Å²) >= 11 is 7.49. The predicted molar refractivity (Wildman–Crippen MR) is 63.4 cm³/mol. The molecular formula is C11H14ClNOS. The van der Waals surface area contributed by atoms with Crippen LogP contribution < -0.4 is 0 Å². The number of ketones is 1. The van der Waals surface area contributed by atoms with E-state index >= 15 is 0 Å². The minimum atomic E-state index is 0.399. The molecule has 2 rings (SSSR count). The zero-order valence-corrected chi connectivity index (χ0v) is 10.3. The average molecular weight is 244 g/mol. The van der Waals surface area contributed by atoms with Crippen molar-refractivity contribution >= 4 is 28.7 Å². The van der Waals surface area contributed by atoms with E-state index in [0.717, 1.165) is 30.1 Å². The highest BCUT2D eigenvalue weighted by molar-refractivity contribution is 7.16. The van der Waals surface area contributed by atoms with Gasteiger partial charge in [-0.3, -0.25) is 9.69 Å². The van der Waals surface area contributed by atoms with Gasteiger partial charge in [0, 0.05) is 30.3 Å². The number of halogens is 1. The number of carbonyl (C=O) groups excluding carboxylic acids is 1. The second-order valence-corrected chi connectivity index (χ2v) is 5.86. The van der Waals surface area contributed by atoms with Crippen LogP contribution in [0.5, 0.6) is 0 Å². The first-order chi connectivity index (χ1) is 7.15. The van der Waals surface area contributed by atoms with Crippen molar-refractivity contribution in [2.45, 2.75) is 31.8 Å². The van der Waals surface area contributed by atoms with Crippen molar-refractivity contribution in [2.24, 2.45) is 0 Å². The number of carbonyl (C=O) groups is 1. The van der Waals surface area contributed by atoms with Crippen LogP contribution in [0.2, 0.25) is 4.34 Å². The molecule has 1 aromatic heterocycles. The van der Waals surface area contributed by atoms with Crippen molar-refractivity contribution in [1.29, 1.82) is 0 Å². The van der Waals surface area contributed by atoms with Gasteiger partial charge in [0.15, 0.2) is 0 Å². The molecule has 0 spiro atoms. The van der Waals surface area contributed by atoms with Gasteiger partial charge in [0.05, 0.1) is 4.34 Å². The van der Waals surface area contributed by atoms with Crippen molar-refractivity contribution in [2.75, 3.05) is 7.05 Å². The lowest BCUT2D eigenvalue weighted by Crippen LogP contribution is -2.28. The smallest absolute Gasteiger partial charge is 0.134 e. The largest absolute Gasteiger partial charge is 0.300 e. The quantitative estimate of drug-likeness (QED) is 0.814. The van der Waals surface area contributed by atoms with Crippen LogP contribution in [0.3, 0.4) is 0 Å². The summed E-state index contributed by atoms with van der Waals surface area (Å²) in [6.07, 6.45) is 2.48. The lowest BCUT2D eigenvalue weighted by atomic mass is 10.2. The number of hydrogen-bond acceptors (Lipinski definition) is 3. The van der Waals surface area contributed by atoms with Crippen LogP contribution in [-0.2, 0) is 11.3 Å². The van der Waals surface area contributed by atoms with Crippen molar-refractivity contribution in [3.63, 3.8) is 0 Å². The maximum Gasteiger partial charge on any atom is 0.134 e. The Morgan fingerprint density at radius 1 is 1.60 bits per heavy atom.